The van der Waals surface area contributed by atoms with Crippen molar-refractivity contribution < 1.29 is 46.6 Å². The Labute approximate surface area is 308 Å². The van der Waals surface area contributed by atoms with E-state index >= 15 is 0 Å². The zero-order valence-corrected chi connectivity index (χ0v) is 29.4. The van der Waals surface area contributed by atoms with Gasteiger partial charge in [0, 0.05) is 13.0 Å². The van der Waals surface area contributed by atoms with Crippen LogP contribution in [0.25, 0.3) is 0 Å². The number of aromatic hydroxyl groups is 1. The van der Waals surface area contributed by atoms with Crippen molar-refractivity contribution in [1.82, 2.24) is 9.99 Å². The monoisotopic (exact) mass is 780 g/mol. The molecule has 2 aliphatic heterocycles. The number of imide groups is 2. The minimum absolute atomic E-state index is 0.00877. The number of allylic oxidation sites excluding steroid dienone is 2. The highest BCUT2D eigenvalue weighted by molar-refractivity contribution is 6.58. The van der Waals surface area contributed by atoms with Gasteiger partial charge in [-0.3, -0.25) is 24.2 Å². The van der Waals surface area contributed by atoms with Crippen LogP contribution in [0.15, 0.2) is 66.2 Å². The number of hydrazine groups is 1. The number of hydrogen-bond acceptors (Lipinski definition) is 8. The smallest absolute Gasteiger partial charge is 0.433 e. The van der Waals surface area contributed by atoms with E-state index in [4.69, 9.17) is 39.5 Å². The first kappa shape index (κ1) is 36.0. The second-order valence-electron chi connectivity index (χ2n) is 12.9. The third-order valence-electron chi connectivity index (χ3n) is 10.2. The zero-order chi connectivity index (χ0) is 37.7. The quantitative estimate of drug-likeness (QED) is 0.129. The van der Waals surface area contributed by atoms with Gasteiger partial charge in [-0.05, 0) is 79.8 Å². The number of nitrogens with zero attached hydrogens (tertiary/aromatic N) is 4. The van der Waals surface area contributed by atoms with Crippen LogP contribution in [0.2, 0.25) is 5.02 Å². The van der Waals surface area contributed by atoms with Crippen molar-refractivity contribution in [2.45, 2.75) is 41.6 Å². The van der Waals surface area contributed by atoms with Crippen LogP contribution in [0, 0.1) is 23.6 Å². The van der Waals surface area contributed by atoms with Crippen molar-refractivity contribution in [3.05, 3.63) is 88.3 Å². The zero-order valence-electron chi connectivity index (χ0n) is 27.1. The van der Waals surface area contributed by atoms with E-state index in [0.717, 1.165) is 28.1 Å². The Hall–Kier alpha value is -4.40. The number of phenols is 1. The van der Waals surface area contributed by atoms with E-state index in [1.807, 2.05) is 0 Å². The molecule has 6 unspecified atom stereocenters. The molecule has 0 spiro atoms. The Kier molecular flexibility index (Phi) is 8.54. The van der Waals surface area contributed by atoms with Crippen molar-refractivity contribution in [2.75, 3.05) is 23.6 Å². The number of carbonyl (C=O) groups is 4. The second kappa shape index (κ2) is 12.3. The number of alkyl halides is 5. The third-order valence-corrected chi connectivity index (χ3v) is 11.9. The van der Waals surface area contributed by atoms with Gasteiger partial charge in [-0.1, -0.05) is 29.3 Å². The molecule has 10 nitrogen and oxygen atoms in total. The molecule has 0 radical (unpaired) electrons. The van der Waals surface area contributed by atoms with Crippen molar-refractivity contribution in [3.63, 3.8) is 0 Å². The van der Waals surface area contributed by atoms with Gasteiger partial charge in [0.2, 0.25) is 0 Å². The third kappa shape index (κ3) is 5.08. The fourth-order valence-electron chi connectivity index (χ4n) is 7.94. The molecule has 2 saturated heterocycles. The van der Waals surface area contributed by atoms with Gasteiger partial charge in [-0.25, -0.2) is 14.3 Å². The van der Waals surface area contributed by atoms with Crippen molar-refractivity contribution in [3.8, 4) is 11.5 Å². The van der Waals surface area contributed by atoms with Crippen LogP contribution in [-0.2, 0) is 25.4 Å². The molecule has 52 heavy (non-hydrogen) atoms. The normalized spacial score (nSPS) is 28.4. The van der Waals surface area contributed by atoms with E-state index in [2.05, 4.69) is 4.98 Å². The number of anilines is 2. The summed E-state index contributed by atoms with van der Waals surface area (Å²) in [4.78, 5) is 57.2. The number of fused-ring (bicyclic) bond motifs is 4. The summed E-state index contributed by atoms with van der Waals surface area (Å²) in [6, 6.07) is 10.4. The lowest BCUT2D eigenvalue weighted by Crippen LogP contribution is -2.60. The summed E-state index contributed by atoms with van der Waals surface area (Å²) in [5, 5.41) is 11.8. The maximum Gasteiger partial charge on any atom is 0.433 e. The minimum atomic E-state index is -4.85. The fraction of sp³-hybridized carbons (Fsp3) is 0.343. The fourth-order valence-corrected chi connectivity index (χ4v) is 9.11. The van der Waals surface area contributed by atoms with Crippen molar-refractivity contribution in [2.24, 2.45) is 17.8 Å². The van der Waals surface area contributed by atoms with Gasteiger partial charge in [0.05, 0.1) is 29.2 Å². The Morgan fingerprint density at radius 2 is 1.69 bits per heavy atom. The molecule has 2 aromatic carbocycles. The maximum absolute atomic E-state index is 14.5. The lowest BCUT2D eigenvalue weighted by molar-refractivity contribution is -0.141. The SMILES string of the molecule is CCOc1cc(C2C3=CCC4C(=O)N(N(C)c5nc(C(F)(F)F)ccc5Cl)C(=O)C4C3CC3(Cl)C(=O)N(c4ccc(F)cc4)C(=O)C23Cl)ccc1O. The van der Waals surface area contributed by atoms with Crippen LogP contribution < -0.4 is 14.6 Å². The first-order valence-electron chi connectivity index (χ1n) is 16.0. The highest BCUT2D eigenvalue weighted by Crippen LogP contribution is 2.66. The van der Waals surface area contributed by atoms with Crippen LogP contribution >= 0.6 is 34.8 Å². The highest BCUT2D eigenvalue weighted by atomic mass is 35.5. The predicted molar refractivity (Wildman–Crippen MR) is 180 cm³/mol. The molecule has 7 rings (SSSR count). The van der Waals surface area contributed by atoms with E-state index in [0.29, 0.717) is 22.2 Å². The second-order valence-corrected chi connectivity index (χ2v) is 14.6. The molecule has 4 amide bonds. The van der Waals surface area contributed by atoms with E-state index in [-0.39, 0.29) is 35.2 Å². The number of aromatic nitrogens is 1. The minimum Gasteiger partial charge on any atom is -0.504 e. The number of phenolic OH excluding ortho intramolecular Hbond substituents is 1. The molecule has 1 aromatic heterocycles. The molecule has 6 atom stereocenters. The number of ether oxygens (including phenoxy) is 1. The van der Waals surface area contributed by atoms with E-state index in [1.165, 1.54) is 37.4 Å². The van der Waals surface area contributed by atoms with Gasteiger partial charge in [0.25, 0.3) is 23.6 Å². The molecule has 1 N–H and O–H groups in total. The van der Waals surface area contributed by atoms with Crippen LogP contribution in [0.3, 0.4) is 0 Å². The first-order chi connectivity index (χ1) is 24.4. The molecule has 3 fully saturated rings. The highest BCUT2D eigenvalue weighted by Gasteiger charge is 2.76. The van der Waals surface area contributed by atoms with E-state index in [9.17, 15) is 41.8 Å². The van der Waals surface area contributed by atoms with Crippen LogP contribution in [0.5, 0.6) is 11.5 Å². The molecule has 272 valence electrons. The molecule has 17 heteroatoms. The lowest BCUT2D eigenvalue weighted by atomic mass is 9.56. The largest absolute Gasteiger partial charge is 0.504 e. The topological polar surface area (TPSA) is 120 Å². The summed E-state index contributed by atoms with van der Waals surface area (Å²) in [6.45, 7) is 1.84. The lowest BCUT2D eigenvalue weighted by Gasteiger charge is -2.50. The maximum atomic E-state index is 14.5. The number of amides is 4. The molecule has 4 aliphatic rings. The van der Waals surface area contributed by atoms with Crippen LogP contribution in [-0.4, -0.2) is 62.1 Å². The Morgan fingerprint density at radius 3 is 2.35 bits per heavy atom. The average Bonchev–Trinajstić information content (AvgIpc) is 3.43. The summed E-state index contributed by atoms with van der Waals surface area (Å²) < 4.78 is 60.2. The molecule has 1 saturated carbocycles. The number of rotatable bonds is 6. The van der Waals surface area contributed by atoms with Gasteiger partial charge >= 0.3 is 6.18 Å². The summed E-state index contributed by atoms with van der Waals surface area (Å²) in [7, 11) is 1.18. The van der Waals surface area contributed by atoms with E-state index < -0.39 is 87.0 Å². The average molecular weight is 782 g/mol. The van der Waals surface area contributed by atoms with Crippen molar-refractivity contribution in [1.29, 1.82) is 0 Å². The summed E-state index contributed by atoms with van der Waals surface area (Å²) in [5.41, 5.74) is -0.607. The number of pyridine rings is 1. The Bertz CT molecular complexity index is 2080. The summed E-state index contributed by atoms with van der Waals surface area (Å²) >= 11 is 20.9. The summed E-state index contributed by atoms with van der Waals surface area (Å²) in [6.07, 6.45) is -3.64. The molecule has 3 aromatic rings. The number of hydrogen-bond donors (Lipinski definition) is 1. The number of halogens is 7. The summed E-state index contributed by atoms with van der Waals surface area (Å²) in [5.74, 6) is -9.24. The van der Waals surface area contributed by atoms with Gasteiger partial charge < -0.3 is 9.84 Å². The standard InChI is InChI=1S/C35H27Cl3F4N4O6/c1-3-52-24-14-16(4-12-23(24)47)27-19-9-10-20-26(30(49)46(29(20)48)44(2)28-22(36)11-13-25(43-28)35(40,41)42)21(19)15-33(37)31(50)45(32(51)34(27,33)38)18-7-5-17(39)6-8-18/h4-9,11-14,20-21,26-27,47H,3,10,15H2,1-2H3. The molecule has 2 aliphatic carbocycles. The van der Waals surface area contributed by atoms with Gasteiger partial charge in [0.1, 0.15) is 11.5 Å². The molecular formula is C35H27Cl3F4N4O6. The first-order valence-corrected chi connectivity index (χ1v) is 17.1. The Morgan fingerprint density at radius 1 is 1.00 bits per heavy atom. The van der Waals surface area contributed by atoms with Crippen molar-refractivity contribution >= 4 is 69.9 Å². The number of carbonyl (C=O) groups excluding carboxylic acids is 4. The number of benzene rings is 2. The van der Waals surface area contributed by atoms with Crippen LogP contribution in [0.1, 0.15) is 36.9 Å². The predicted octanol–water partition coefficient (Wildman–Crippen LogP) is 6.61. The Balaban J connectivity index is 1.36. The molecule has 0 bridgehead atoms. The van der Waals surface area contributed by atoms with Gasteiger partial charge in [0.15, 0.2) is 27.1 Å². The molecule has 3 heterocycles. The van der Waals surface area contributed by atoms with E-state index in [1.54, 1.807) is 13.0 Å². The van der Waals surface area contributed by atoms with Crippen LogP contribution in [0.4, 0.5) is 29.1 Å². The van der Waals surface area contributed by atoms with Gasteiger partial charge in [-0.2, -0.15) is 18.2 Å². The molecular weight excluding hydrogens is 755 g/mol. The van der Waals surface area contributed by atoms with Gasteiger partial charge in [-0.15, -0.1) is 23.2 Å².